The molecule has 6 heteroatoms. The number of carbonyl (C=O) groups excluding carboxylic acids is 2. The van der Waals surface area contributed by atoms with Crippen LogP contribution in [0.1, 0.15) is 21.5 Å². The summed E-state index contributed by atoms with van der Waals surface area (Å²) in [6, 6.07) is 19.3. The first kappa shape index (κ1) is 19.4. The first-order valence-electron chi connectivity index (χ1n) is 8.77. The van der Waals surface area contributed by atoms with Crippen LogP contribution < -0.4 is 9.47 Å². The van der Waals surface area contributed by atoms with E-state index in [0.717, 1.165) is 15.6 Å². The quantitative estimate of drug-likeness (QED) is 0.272. The minimum atomic E-state index is -0.415. The molecular formula is C23H14BrClO4. The van der Waals surface area contributed by atoms with Gasteiger partial charge in [0.2, 0.25) is 5.78 Å². The number of ketones is 1. The van der Waals surface area contributed by atoms with Gasteiger partial charge in [0.1, 0.15) is 11.5 Å². The molecule has 1 aliphatic heterocycles. The van der Waals surface area contributed by atoms with E-state index in [2.05, 4.69) is 15.9 Å². The highest BCUT2D eigenvalue weighted by atomic mass is 79.9. The van der Waals surface area contributed by atoms with Crippen LogP contribution in [0.25, 0.3) is 6.08 Å². The number of hydrogen-bond donors (Lipinski definition) is 0. The largest absolute Gasteiger partial charge is 0.452 e. The molecule has 0 amide bonds. The maximum absolute atomic E-state index is 12.6. The van der Waals surface area contributed by atoms with Crippen molar-refractivity contribution in [2.24, 2.45) is 0 Å². The van der Waals surface area contributed by atoms with Gasteiger partial charge < -0.3 is 9.47 Å². The molecule has 0 radical (unpaired) electrons. The lowest BCUT2D eigenvalue weighted by atomic mass is 10.1. The molecular weight excluding hydrogens is 456 g/mol. The number of esters is 1. The maximum atomic E-state index is 12.6. The lowest BCUT2D eigenvalue weighted by molar-refractivity contribution is -0.133. The van der Waals surface area contributed by atoms with Gasteiger partial charge in [-0.15, -0.1) is 0 Å². The maximum Gasteiger partial charge on any atom is 0.315 e. The molecule has 144 valence electrons. The van der Waals surface area contributed by atoms with E-state index in [0.29, 0.717) is 22.1 Å². The van der Waals surface area contributed by atoms with Crippen LogP contribution in [0.15, 0.2) is 77.0 Å². The summed E-state index contributed by atoms with van der Waals surface area (Å²) in [4.78, 5) is 24.8. The minimum absolute atomic E-state index is 0.113. The van der Waals surface area contributed by atoms with Crippen LogP contribution in [0.5, 0.6) is 11.5 Å². The van der Waals surface area contributed by atoms with Crippen molar-refractivity contribution in [3.05, 3.63) is 98.7 Å². The van der Waals surface area contributed by atoms with Crippen molar-refractivity contribution in [1.82, 2.24) is 0 Å². The zero-order valence-electron chi connectivity index (χ0n) is 15.0. The highest BCUT2D eigenvalue weighted by Crippen LogP contribution is 2.35. The zero-order valence-corrected chi connectivity index (χ0v) is 17.4. The second-order valence-electron chi connectivity index (χ2n) is 6.43. The Kier molecular flexibility index (Phi) is 5.51. The number of Topliss-reactive ketones (excluding diaryl/α,β-unsaturated/α-hetero) is 1. The number of benzene rings is 3. The van der Waals surface area contributed by atoms with Gasteiger partial charge >= 0.3 is 5.97 Å². The fourth-order valence-electron chi connectivity index (χ4n) is 2.91. The van der Waals surface area contributed by atoms with E-state index in [1.165, 1.54) is 0 Å². The van der Waals surface area contributed by atoms with E-state index < -0.39 is 5.97 Å². The first-order chi connectivity index (χ1) is 14.0. The number of allylic oxidation sites excluding steroid dienone is 1. The van der Waals surface area contributed by atoms with Gasteiger partial charge in [-0.25, -0.2) is 0 Å². The van der Waals surface area contributed by atoms with Gasteiger partial charge in [0.25, 0.3) is 0 Å². The van der Waals surface area contributed by atoms with Crippen LogP contribution in [-0.2, 0) is 11.2 Å². The Morgan fingerprint density at radius 2 is 1.86 bits per heavy atom. The summed E-state index contributed by atoms with van der Waals surface area (Å²) in [6.45, 7) is 0. The first-order valence-corrected chi connectivity index (χ1v) is 9.94. The average Bonchev–Trinajstić information content (AvgIpc) is 2.98. The Labute approximate surface area is 180 Å². The number of fused-ring (bicyclic) bond motifs is 1. The molecule has 4 nitrogen and oxygen atoms in total. The van der Waals surface area contributed by atoms with E-state index >= 15 is 0 Å². The van der Waals surface area contributed by atoms with Gasteiger partial charge in [-0.05, 0) is 53.6 Å². The molecule has 0 aliphatic carbocycles. The third kappa shape index (κ3) is 4.58. The Balaban J connectivity index is 1.48. The van der Waals surface area contributed by atoms with E-state index in [-0.39, 0.29) is 18.0 Å². The molecule has 0 saturated carbocycles. The van der Waals surface area contributed by atoms with Crippen molar-refractivity contribution in [2.75, 3.05) is 0 Å². The summed E-state index contributed by atoms with van der Waals surface area (Å²) in [5, 5.41) is 0.606. The molecule has 0 N–H and O–H groups in total. The second-order valence-corrected chi connectivity index (χ2v) is 7.78. The Hall–Kier alpha value is -2.89. The number of halogens is 2. The molecule has 0 fully saturated rings. The third-order valence-electron chi connectivity index (χ3n) is 4.28. The van der Waals surface area contributed by atoms with Crippen LogP contribution >= 0.6 is 27.5 Å². The fourth-order valence-corrected chi connectivity index (χ4v) is 3.46. The van der Waals surface area contributed by atoms with E-state index in [1.54, 1.807) is 48.5 Å². The van der Waals surface area contributed by atoms with Crippen molar-refractivity contribution in [1.29, 1.82) is 0 Å². The van der Waals surface area contributed by atoms with Gasteiger partial charge in [-0.3, -0.25) is 9.59 Å². The predicted molar refractivity (Wildman–Crippen MR) is 114 cm³/mol. The molecule has 0 spiro atoms. The van der Waals surface area contributed by atoms with Gasteiger partial charge in [-0.1, -0.05) is 51.8 Å². The topological polar surface area (TPSA) is 52.6 Å². The lowest BCUT2D eigenvalue weighted by Gasteiger charge is -2.06. The minimum Gasteiger partial charge on any atom is -0.452 e. The van der Waals surface area contributed by atoms with Gasteiger partial charge in [0.05, 0.1) is 12.0 Å². The third-order valence-corrected chi connectivity index (χ3v) is 5.03. The fraction of sp³-hybridized carbons (Fsp3) is 0.0435. The molecule has 29 heavy (non-hydrogen) atoms. The molecule has 4 rings (SSSR count). The summed E-state index contributed by atoms with van der Waals surface area (Å²) in [7, 11) is 0. The Morgan fingerprint density at radius 3 is 2.62 bits per heavy atom. The van der Waals surface area contributed by atoms with Crippen LogP contribution in [0.4, 0.5) is 0 Å². The van der Waals surface area contributed by atoms with E-state index in [4.69, 9.17) is 21.1 Å². The summed E-state index contributed by atoms with van der Waals surface area (Å²) in [5.41, 5.74) is 2.07. The van der Waals surface area contributed by atoms with E-state index in [1.807, 2.05) is 24.3 Å². The van der Waals surface area contributed by atoms with Crippen LogP contribution in [-0.4, -0.2) is 11.8 Å². The van der Waals surface area contributed by atoms with Crippen LogP contribution in [0.3, 0.4) is 0 Å². The molecule has 0 aromatic heterocycles. The van der Waals surface area contributed by atoms with Crippen LogP contribution in [0, 0.1) is 0 Å². The van der Waals surface area contributed by atoms with Gasteiger partial charge in [0, 0.05) is 15.6 Å². The van der Waals surface area contributed by atoms with Crippen LogP contribution in [0.2, 0.25) is 5.02 Å². The number of ether oxygens (including phenoxy) is 2. The molecule has 0 saturated heterocycles. The Morgan fingerprint density at radius 1 is 1.07 bits per heavy atom. The number of carbonyl (C=O) groups is 2. The molecule has 0 atom stereocenters. The second kappa shape index (κ2) is 8.23. The number of hydrogen-bond acceptors (Lipinski definition) is 4. The van der Waals surface area contributed by atoms with Crippen molar-refractivity contribution in [3.63, 3.8) is 0 Å². The summed E-state index contributed by atoms with van der Waals surface area (Å²) in [6.07, 6.45) is 1.79. The summed E-state index contributed by atoms with van der Waals surface area (Å²) >= 11 is 9.25. The van der Waals surface area contributed by atoms with Gasteiger partial charge in [-0.2, -0.15) is 0 Å². The normalized spacial score (nSPS) is 13.9. The average molecular weight is 470 g/mol. The van der Waals surface area contributed by atoms with Crippen molar-refractivity contribution < 1.29 is 19.1 Å². The molecule has 1 heterocycles. The highest BCUT2D eigenvalue weighted by Gasteiger charge is 2.28. The molecule has 0 unspecified atom stereocenters. The Bertz CT molecular complexity index is 1140. The summed E-state index contributed by atoms with van der Waals surface area (Å²) in [5.74, 6) is 0.288. The zero-order chi connectivity index (χ0) is 20.4. The smallest absolute Gasteiger partial charge is 0.315 e. The monoisotopic (exact) mass is 468 g/mol. The standard InChI is InChI=1S/C23H14BrClO4/c24-16-3-1-2-15(10-16)11-21-23(27)19-9-8-18(13-20(19)29-21)28-22(26)12-14-4-6-17(25)7-5-14/h1-11,13H,12H2/b21-11-. The predicted octanol–water partition coefficient (Wildman–Crippen LogP) is 5.87. The highest BCUT2D eigenvalue weighted by molar-refractivity contribution is 9.10. The van der Waals surface area contributed by atoms with Crippen molar-refractivity contribution >= 4 is 45.4 Å². The molecule has 3 aromatic carbocycles. The van der Waals surface area contributed by atoms with Gasteiger partial charge in [0.15, 0.2) is 5.76 Å². The molecule has 3 aromatic rings. The summed E-state index contributed by atoms with van der Waals surface area (Å²) < 4.78 is 12.0. The molecule has 0 bridgehead atoms. The van der Waals surface area contributed by atoms with Crippen molar-refractivity contribution in [3.8, 4) is 11.5 Å². The van der Waals surface area contributed by atoms with Crippen molar-refractivity contribution in [2.45, 2.75) is 6.42 Å². The molecule has 1 aliphatic rings. The number of rotatable bonds is 4. The SMILES string of the molecule is O=C(Cc1ccc(Cl)cc1)Oc1ccc2c(c1)O/C(=C\c1cccc(Br)c1)C2=O. The lowest BCUT2D eigenvalue weighted by Crippen LogP contribution is -2.11. The van der Waals surface area contributed by atoms with E-state index in [9.17, 15) is 9.59 Å².